The standard InChI is InChI=1S/C10H19NO/c1-4-10(12-3)8-6-5-7-9-11-2/h4,6,8,11H,5,7,9H2,1-3H3/b8-6-,10-4+. The molecular weight excluding hydrogens is 150 g/mol. The SMILES string of the molecule is C/C=C(\C=C/CCCNC)OC. The van der Waals surface area contributed by atoms with Crippen LogP contribution in [0.4, 0.5) is 0 Å². The number of nitrogens with one attached hydrogen (secondary N) is 1. The van der Waals surface area contributed by atoms with Crippen LogP contribution in [-0.4, -0.2) is 20.7 Å². The molecule has 0 aromatic heterocycles. The summed E-state index contributed by atoms with van der Waals surface area (Å²) in [6.45, 7) is 3.04. The lowest BCUT2D eigenvalue weighted by Gasteiger charge is -1.98. The molecule has 0 bridgehead atoms. The summed E-state index contributed by atoms with van der Waals surface area (Å²) >= 11 is 0. The fraction of sp³-hybridized carbons (Fsp3) is 0.600. The van der Waals surface area contributed by atoms with Crippen LogP contribution in [0.3, 0.4) is 0 Å². The van der Waals surface area contributed by atoms with Crippen LogP contribution in [0.15, 0.2) is 24.0 Å². The third-order valence-electron chi connectivity index (χ3n) is 1.60. The second kappa shape index (κ2) is 8.34. The van der Waals surface area contributed by atoms with Crippen LogP contribution in [0.2, 0.25) is 0 Å². The predicted octanol–water partition coefficient (Wildman–Crippen LogP) is 2.09. The smallest absolute Gasteiger partial charge is 0.114 e. The van der Waals surface area contributed by atoms with Crippen molar-refractivity contribution >= 4 is 0 Å². The summed E-state index contributed by atoms with van der Waals surface area (Å²) in [6, 6.07) is 0. The second-order valence-corrected chi connectivity index (χ2v) is 2.54. The van der Waals surface area contributed by atoms with Gasteiger partial charge in [-0.1, -0.05) is 6.08 Å². The molecule has 0 amide bonds. The van der Waals surface area contributed by atoms with Gasteiger partial charge < -0.3 is 10.1 Å². The van der Waals surface area contributed by atoms with Crippen molar-refractivity contribution in [2.75, 3.05) is 20.7 Å². The molecule has 0 aromatic carbocycles. The Hall–Kier alpha value is -0.760. The minimum Gasteiger partial charge on any atom is -0.497 e. The quantitative estimate of drug-likeness (QED) is 0.373. The Morgan fingerprint density at radius 3 is 2.75 bits per heavy atom. The zero-order valence-electron chi connectivity index (χ0n) is 8.26. The maximum atomic E-state index is 5.06. The van der Waals surface area contributed by atoms with Crippen molar-refractivity contribution in [2.24, 2.45) is 0 Å². The van der Waals surface area contributed by atoms with E-state index in [-0.39, 0.29) is 0 Å². The van der Waals surface area contributed by atoms with E-state index in [1.165, 1.54) is 6.42 Å². The molecule has 0 heterocycles. The van der Waals surface area contributed by atoms with E-state index in [1.54, 1.807) is 7.11 Å². The Labute approximate surface area is 75.3 Å². The number of rotatable bonds is 6. The molecule has 2 nitrogen and oxygen atoms in total. The van der Waals surface area contributed by atoms with Crippen LogP contribution in [0.5, 0.6) is 0 Å². The fourth-order valence-electron chi connectivity index (χ4n) is 0.878. The van der Waals surface area contributed by atoms with Crippen molar-refractivity contribution < 1.29 is 4.74 Å². The summed E-state index contributed by atoms with van der Waals surface area (Å²) in [6.07, 6.45) is 8.37. The lowest BCUT2D eigenvalue weighted by atomic mass is 10.2. The van der Waals surface area contributed by atoms with Gasteiger partial charge in [-0.15, -0.1) is 0 Å². The van der Waals surface area contributed by atoms with Gasteiger partial charge in [0.05, 0.1) is 7.11 Å². The molecule has 2 heteroatoms. The molecule has 0 aromatic rings. The first-order chi connectivity index (χ1) is 5.85. The van der Waals surface area contributed by atoms with Gasteiger partial charge in [-0.3, -0.25) is 0 Å². The van der Waals surface area contributed by atoms with E-state index in [4.69, 9.17) is 4.74 Å². The van der Waals surface area contributed by atoms with Gasteiger partial charge in [-0.2, -0.15) is 0 Å². The lowest BCUT2D eigenvalue weighted by Crippen LogP contribution is -2.06. The molecule has 0 aliphatic heterocycles. The molecule has 0 radical (unpaired) electrons. The van der Waals surface area contributed by atoms with Crippen LogP contribution >= 0.6 is 0 Å². The Bertz CT molecular complexity index is 150. The van der Waals surface area contributed by atoms with Gasteiger partial charge >= 0.3 is 0 Å². The van der Waals surface area contributed by atoms with E-state index < -0.39 is 0 Å². The van der Waals surface area contributed by atoms with Crippen LogP contribution in [-0.2, 0) is 4.74 Å². The van der Waals surface area contributed by atoms with Crippen molar-refractivity contribution in [2.45, 2.75) is 19.8 Å². The molecule has 0 rings (SSSR count). The zero-order valence-corrected chi connectivity index (χ0v) is 8.26. The highest BCUT2D eigenvalue weighted by atomic mass is 16.5. The number of unbranched alkanes of at least 4 members (excludes halogenated alkanes) is 1. The summed E-state index contributed by atoms with van der Waals surface area (Å²) in [5.74, 6) is 0.930. The van der Waals surface area contributed by atoms with E-state index in [0.717, 1.165) is 18.7 Å². The topological polar surface area (TPSA) is 21.3 Å². The van der Waals surface area contributed by atoms with Gasteiger partial charge in [0.2, 0.25) is 0 Å². The van der Waals surface area contributed by atoms with Crippen molar-refractivity contribution in [1.29, 1.82) is 0 Å². The van der Waals surface area contributed by atoms with Crippen LogP contribution in [0.25, 0.3) is 0 Å². The second-order valence-electron chi connectivity index (χ2n) is 2.54. The minimum absolute atomic E-state index is 0.930. The zero-order chi connectivity index (χ0) is 9.23. The Morgan fingerprint density at radius 1 is 1.50 bits per heavy atom. The van der Waals surface area contributed by atoms with Crippen molar-refractivity contribution in [3.8, 4) is 0 Å². The molecule has 0 fully saturated rings. The van der Waals surface area contributed by atoms with Gasteiger partial charge in [0, 0.05) is 0 Å². The Morgan fingerprint density at radius 2 is 2.25 bits per heavy atom. The number of allylic oxidation sites excluding steroid dienone is 3. The molecule has 12 heavy (non-hydrogen) atoms. The van der Waals surface area contributed by atoms with Gasteiger partial charge in [0.25, 0.3) is 0 Å². The average Bonchev–Trinajstić information content (AvgIpc) is 2.11. The summed E-state index contributed by atoms with van der Waals surface area (Å²) < 4.78 is 5.06. The molecule has 0 spiro atoms. The van der Waals surface area contributed by atoms with E-state index >= 15 is 0 Å². The Balaban J connectivity index is 3.47. The highest BCUT2D eigenvalue weighted by molar-refractivity contribution is 5.10. The number of ether oxygens (including phenoxy) is 1. The minimum atomic E-state index is 0.930. The molecule has 0 aliphatic rings. The summed E-state index contributed by atoms with van der Waals surface area (Å²) in [7, 11) is 3.66. The first-order valence-corrected chi connectivity index (χ1v) is 4.36. The first kappa shape index (κ1) is 11.2. The number of hydrogen-bond donors (Lipinski definition) is 1. The fourth-order valence-corrected chi connectivity index (χ4v) is 0.878. The average molecular weight is 169 g/mol. The normalized spacial score (nSPS) is 12.4. The number of methoxy groups -OCH3 is 1. The molecule has 1 N–H and O–H groups in total. The van der Waals surface area contributed by atoms with Gasteiger partial charge in [0.15, 0.2) is 0 Å². The summed E-state index contributed by atoms with van der Waals surface area (Å²) in [5, 5.41) is 3.10. The van der Waals surface area contributed by atoms with Crippen LogP contribution < -0.4 is 5.32 Å². The highest BCUT2D eigenvalue weighted by Gasteiger charge is 1.85. The summed E-state index contributed by atoms with van der Waals surface area (Å²) in [4.78, 5) is 0. The van der Waals surface area contributed by atoms with E-state index in [0.29, 0.717) is 0 Å². The highest BCUT2D eigenvalue weighted by Crippen LogP contribution is 1.99. The maximum absolute atomic E-state index is 5.06. The maximum Gasteiger partial charge on any atom is 0.114 e. The monoisotopic (exact) mass is 169 g/mol. The molecule has 0 atom stereocenters. The Kier molecular flexibility index (Phi) is 7.81. The van der Waals surface area contributed by atoms with E-state index in [1.807, 2.05) is 26.1 Å². The van der Waals surface area contributed by atoms with Crippen molar-refractivity contribution in [3.05, 3.63) is 24.0 Å². The van der Waals surface area contributed by atoms with Crippen LogP contribution in [0, 0.1) is 0 Å². The molecule has 0 saturated heterocycles. The molecular formula is C10H19NO. The molecule has 0 saturated carbocycles. The van der Waals surface area contributed by atoms with Crippen molar-refractivity contribution in [3.63, 3.8) is 0 Å². The van der Waals surface area contributed by atoms with Gasteiger partial charge in [-0.25, -0.2) is 0 Å². The van der Waals surface area contributed by atoms with E-state index in [9.17, 15) is 0 Å². The molecule has 70 valence electrons. The predicted molar refractivity (Wildman–Crippen MR) is 53.1 cm³/mol. The lowest BCUT2D eigenvalue weighted by molar-refractivity contribution is 0.306. The van der Waals surface area contributed by atoms with Crippen molar-refractivity contribution in [1.82, 2.24) is 5.32 Å². The summed E-state index contributed by atoms with van der Waals surface area (Å²) in [5.41, 5.74) is 0. The third-order valence-corrected chi connectivity index (χ3v) is 1.60. The van der Waals surface area contributed by atoms with E-state index in [2.05, 4.69) is 11.4 Å². The van der Waals surface area contributed by atoms with Gasteiger partial charge in [-0.05, 0) is 45.5 Å². The molecule has 0 unspecified atom stereocenters. The van der Waals surface area contributed by atoms with Crippen LogP contribution in [0.1, 0.15) is 19.8 Å². The third kappa shape index (κ3) is 5.98. The largest absolute Gasteiger partial charge is 0.497 e. The van der Waals surface area contributed by atoms with Gasteiger partial charge in [0.1, 0.15) is 5.76 Å². The molecule has 0 aliphatic carbocycles. The number of hydrogen-bond acceptors (Lipinski definition) is 2. The first-order valence-electron chi connectivity index (χ1n) is 4.36.